The third-order valence-corrected chi connectivity index (χ3v) is 2.25. The maximum Gasteiger partial charge on any atom is 0.182 e. The topological polar surface area (TPSA) is 86.7 Å². The highest BCUT2D eigenvalue weighted by Crippen LogP contribution is 2.15. The Morgan fingerprint density at radius 3 is 2.94 bits per heavy atom. The van der Waals surface area contributed by atoms with Crippen molar-refractivity contribution >= 4 is 17.0 Å². The minimum absolute atomic E-state index is 0.640. The van der Waals surface area contributed by atoms with Crippen molar-refractivity contribution in [2.45, 2.75) is 25.9 Å². The fraction of sp³-hybridized carbons (Fsp3) is 0.500. The van der Waals surface area contributed by atoms with Crippen LogP contribution in [0.4, 0.5) is 5.82 Å². The van der Waals surface area contributed by atoms with E-state index in [4.69, 9.17) is 0 Å². The second-order valence-corrected chi connectivity index (χ2v) is 4.31. The van der Waals surface area contributed by atoms with Crippen molar-refractivity contribution in [2.24, 2.45) is 0 Å². The predicted octanol–water partition coefficient (Wildman–Crippen LogP) is 0.926. The average molecular weight is 221 g/mol. The zero-order valence-corrected chi connectivity index (χ0v) is 9.36. The first-order valence-electron chi connectivity index (χ1n) is 5.16. The molecular weight excluding hydrogens is 206 g/mol. The molecule has 3 N–H and O–H groups in total. The molecule has 0 saturated heterocycles. The number of nitrogens with one attached hydrogen (secondary N) is 2. The van der Waals surface area contributed by atoms with Crippen LogP contribution in [-0.4, -0.2) is 37.2 Å². The summed E-state index contributed by atoms with van der Waals surface area (Å²) in [6, 6.07) is 0. The minimum Gasteiger partial charge on any atom is -0.390 e. The van der Waals surface area contributed by atoms with Crippen LogP contribution in [0.2, 0.25) is 0 Å². The van der Waals surface area contributed by atoms with E-state index in [1.54, 1.807) is 20.2 Å². The molecule has 0 spiro atoms. The van der Waals surface area contributed by atoms with Gasteiger partial charge in [-0.3, -0.25) is 0 Å². The Labute approximate surface area is 93.1 Å². The molecule has 0 saturated carbocycles. The van der Waals surface area contributed by atoms with Crippen LogP contribution in [0.15, 0.2) is 12.7 Å². The maximum atomic E-state index is 9.58. The van der Waals surface area contributed by atoms with E-state index in [1.807, 2.05) is 0 Å². The molecule has 2 rings (SSSR count). The Kier molecular flexibility index (Phi) is 2.74. The highest BCUT2D eigenvalue weighted by atomic mass is 16.3. The summed E-state index contributed by atoms with van der Waals surface area (Å²) < 4.78 is 0. The lowest BCUT2D eigenvalue weighted by atomic mass is 10.1. The molecule has 86 valence electrons. The van der Waals surface area contributed by atoms with Gasteiger partial charge in [-0.25, -0.2) is 15.0 Å². The molecule has 0 radical (unpaired) electrons. The number of hydrogen-bond acceptors (Lipinski definition) is 5. The molecule has 6 nitrogen and oxygen atoms in total. The van der Waals surface area contributed by atoms with Crippen LogP contribution >= 0.6 is 0 Å². The summed E-state index contributed by atoms with van der Waals surface area (Å²) in [4.78, 5) is 15.2. The number of anilines is 1. The molecule has 0 aliphatic rings. The molecule has 0 atom stereocenters. The van der Waals surface area contributed by atoms with Gasteiger partial charge in [-0.2, -0.15) is 0 Å². The van der Waals surface area contributed by atoms with Crippen molar-refractivity contribution in [3.05, 3.63) is 12.7 Å². The molecule has 2 aromatic heterocycles. The number of H-pyrrole nitrogens is 1. The largest absolute Gasteiger partial charge is 0.390 e. The van der Waals surface area contributed by atoms with Gasteiger partial charge in [0.05, 0.1) is 11.9 Å². The van der Waals surface area contributed by atoms with Crippen LogP contribution in [0.3, 0.4) is 0 Å². The standard InChI is InChI=1S/C10H15N5O/c1-10(2,16)3-4-11-8-7-9(13-5-12-7)15-6-14-8/h5-6,16H,3-4H2,1-2H3,(H2,11,12,13,14,15). The maximum absolute atomic E-state index is 9.58. The Morgan fingerprint density at radius 2 is 2.19 bits per heavy atom. The zero-order valence-electron chi connectivity index (χ0n) is 9.36. The van der Waals surface area contributed by atoms with Crippen LogP contribution in [-0.2, 0) is 0 Å². The molecule has 2 heterocycles. The normalized spacial score (nSPS) is 11.9. The van der Waals surface area contributed by atoms with Gasteiger partial charge in [0.1, 0.15) is 11.8 Å². The monoisotopic (exact) mass is 221 g/mol. The Bertz CT molecular complexity index is 473. The van der Waals surface area contributed by atoms with Gasteiger partial charge in [-0.1, -0.05) is 0 Å². The van der Waals surface area contributed by atoms with Crippen molar-refractivity contribution in [1.82, 2.24) is 19.9 Å². The van der Waals surface area contributed by atoms with E-state index in [1.165, 1.54) is 6.33 Å². The van der Waals surface area contributed by atoms with Gasteiger partial charge in [0.15, 0.2) is 11.5 Å². The van der Waals surface area contributed by atoms with Crippen molar-refractivity contribution in [2.75, 3.05) is 11.9 Å². The molecule has 2 aromatic rings. The molecule has 0 unspecified atom stereocenters. The summed E-state index contributed by atoms with van der Waals surface area (Å²) in [6.45, 7) is 4.20. The second-order valence-electron chi connectivity index (χ2n) is 4.31. The quantitative estimate of drug-likeness (QED) is 0.714. The number of aliphatic hydroxyl groups is 1. The number of rotatable bonds is 4. The molecule has 0 fully saturated rings. The van der Waals surface area contributed by atoms with Gasteiger partial charge < -0.3 is 15.4 Å². The lowest BCUT2D eigenvalue weighted by Gasteiger charge is -2.17. The Morgan fingerprint density at radius 1 is 1.38 bits per heavy atom. The summed E-state index contributed by atoms with van der Waals surface area (Å²) in [6.07, 6.45) is 3.70. The van der Waals surface area contributed by atoms with E-state index in [9.17, 15) is 5.11 Å². The third kappa shape index (κ3) is 2.46. The van der Waals surface area contributed by atoms with E-state index >= 15 is 0 Å². The van der Waals surface area contributed by atoms with Crippen molar-refractivity contribution in [1.29, 1.82) is 0 Å². The van der Waals surface area contributed by atoms with Crippen molar-refractivity contribution in [3.8, 4) is 0 Å². The summed E-state index contributed by atoms with van der Waals surface area (Å²) in [5.74, 6) is 0.715. The van der Waals surface area contributed by atoms with Gasteiger partial charge in [0, 0.05) is 6.54 Å². The number of hydrogen-bond donors (Lipinski definition) is 3. The van der Waals surface area contributed by atoms with Gasteiger partial charge in [-0.05, 0) is 20.3 Å². The number of imidazole rings is 1. The lowest BCUT2D eigenvalue weighted by Crippen LogP contribution is -2.22. The van der Waals surface area contributed by atoms with Crippen molar-refractivity contribution in [3.63, 3.8) is 0 Å². The summed E-state index contributed by atoms with van der Waals surface area (Å²) in [7, 11) is 0. The summed E-state index contributed by atoms with van der Waals surface area (Å²) in [5, 5.41) is 12.7. The van der Waals surface area contributed by atoms with Gasteiger partial charge in [0.25, 0.3) is 0 Å². The molecular formula is C10H15N5O. The third-order valence-electron chi connectivity index (χ3n) is 2.25. The van der Waals surface area contributed by atoms with Crippen LogP contribution < -0.4 is 5.32 Å². The smallest absolute Gasteiger partial charge is 0.182 e. The second kappa shape index (κ2) is 4.05. The first kappa shape index (κ1) is 10.8. The SMILES string of the molecule is CC(C)(O)CCNc1ncnc2nc[nH]c12. The van der Waals surface area contributed by atoms with Gasteiger partial charge in [0.2, 0.25) is 0 Å². The first-order valence-corrected chi connectivity index (χ1v) is 5.16. The molecule has 0 aliphatic heterocycles. The molecule has 0 bridgehead atoms. The predicted molar refractivity (Wildman–Crippen MR) is 61.1 cm³/mol. The molecule has 6 heteroatoms. The van der Waals surface area contributed by atoms with Crippen LogP contribution in [0.25, 0.3) is 11.2 Å². The van der Waals surface area contributed by atoms with E-state index in [0.717, 1.165) is 5.52 Å². The highest BCUT2D eigenvalue weighted by molar-refractivity contribution is 5.81. The molecule has 16 heavy (non-hydrogen) atoms. The Balaban J connectivity index is 2.07. The number of aromatic nitrogens is 4. The number of nitrogens with zero attached hydrogens (tertiary/aromatic N) is 3. The molecule has 0 amide bonds. The summed E-state index contributed by atoms with van der Waals surface area (Å²) >= 11 is 0. The molecule has 0 aliphatic carbocycles. The van der Waals surface area contributed by atoms with E-state index in [-0.39, 0.29) is 0 Å². The van der Waals surface area contributed by atoms with Gasteiger partial charge in [-0.15, -0.1) is 0 Å². The van der Waals surface area contributed by atoms with Gasteiger partial charge >= 0.3 is 0 Å². The fourth-order valence-electron chi connectivity index (χ4n) is 1.39. The lowest BCUT2D eigenvalue weighted by molar-refractivity contribution is 0.0748. The zero-order chi connectivity index (χ0) is 11.6. The first-order chi connectivity index (χ1) is 7.56. The Hall–Kier alpha value is -1.69. The minimum atomic E-state index is -0.673. The highest BCUT2D eigenvalue weighted by Gasteiger charge is 2.12. The van der Waals surface area contributed by atoms with E-state index < -0.39 is 5.60 Å². The number of aromatic amines is 1. The van der Waals surface area contributed by atoms with E-state index in [0.29, 0.717) is 24.4 Å². The van der Waals surface area contributed by atoms with Crippen LogP contribution in [0.5, 0.6) is 0 Å². The van der Waals surface area contributed by atoms with Crippen molar-refractivity contribution < 1.29 is 5.11 Å². The van der Waals surface area contributed by atoms with E-state index in [2.05, 4.69) is 25.3 Å². The number of fused-ring (bicyclic) bond motifs is 1. The fourth-order valence-corrected chi connectivity index (χ4v) is 1.39. The average Bonchev–Trinajstić information content (AvgIpc) is 2.64. The molecule has 0 aromatic carbocycles. The summed E-state index contributed by atoms with van der Waals surface area (Å²) in [5.41, 5.74) is 0.756. The van der Waals surface area contributed by atoms with Crippen LogP contribution in [0, 0.1) is 0 Å². The van der Waals surface area contributed by atoms with Crippen LogP contribution in [0.1, 0.15) is 20.3 Å².